The number of nitrogens with zero attached hydrogens (tertiary/aromatic N) is 6. The maximum Gasteiger partial charge on any atom is 0.412 e. The number of carbonyl (C=O) groups excluding carboxylic acids is 2. The Balaban J connectivity index is 0.000000609. The van der Waals surface area contributed by atoms with Gasteiger partial charge in [0.25, 0.3) is 5.91 Å². The molecule has 3 aliphatic heterocycles. The van der Waals surface area contributed by atoms with E-state index in [2.05, 4.69) is 20.6 Å². The molecule has 1 aromatic carbocycles. The van der Waals surface area contributed by atoms with E-state index in [1.807, 2.05) is 62.9 Å². The van der Waals surface area contributed by atoms with Crippen molar-refractivity contribution >= 4 is 41.4 Å². The molecule has 15 nitrogen and oxygen atoms in total. The smallest absolute Gasteiger partial charge is 0.412 e. The highest BCUT2D eigenvalue weighted by atomic mass is 32.2. The predicted molar refractivity (Wildman–Crippen MR) is 201 cm³/mol. The molecule has 0 unspecified atom stereocenters. The van der Waals surface area contributed by atoms with Crippen LogP contribution in [0.2, 0.25) is 0 Å². The zero-order valence-corrected chi connectivity index (χ0v) is 33.1. The van der Waals surface area contributed by atoms with E-state index in [1.54, 1.807) is 39.8 Å². The minimum atomic E-state index is -0.975. The summed E-state index contributed by atoms with van der Waals surface area (Å²) in [6, 6.07) is 7.71. The molecule has 1 spiro atoms. The van der Waals surface area contributed by atoms with Crippen LogP contribution >= 0.6 is 11.8 Å². The van der Waals surface area contributed by atoms with Crippen LogP contribution < -0.4 is 15.5 Å². The number of carbonyl (C=O) groups is 3. The maximum atomic E-state index is 12.6. The molecule has 3 N–H and O–H groups in total. The van der Waals surface area contributed by atoms with E-state index in [0.29, 0.717) is 42.7 Å². The lowest BCUT2D eigenvalue weighted by atomic mass is 9.80. The summed E-state index contributed by atoms with van der Waals surface area (Å²) in [6.45, 7) is 15.7. The second kappa shape index (κ2) is 15.5. The fourth-order valence-corrected chi connectivity index (χ4v) is 6.85. The van der Waals surface area contributed by atoms with Gasteiger partial charge in [0.05, 0.1) is 37.3 Å². The summed E-state index contributed by atoms with van der Waals surface area (Å²) in [7, 11) is 3.47. The Morgan fingerprint density at radius 1 is 1.09 bits per heavy atom. The Morgan fingerprint density at radius 3 is 2.45 bits per heavy atom. The standard InChI is InChI=1S/C32H41N7O5S.C5H11NO2/c1-19-22-10-9-20(33-30(41)44-31(2,3)4)13-24(22)32(18-42-19)15-26-23(17-43-32)27(35-29(34-26)45-7)38-11-8-12-39-21(16-38)14-25(36-39)28(40)37(5)6;1-5(2,3)6-4(7)8/h9-10,13-14,19H,8,11-12,15-18H2,1-7H3,(H,33,41);6H,1-3H3,(H,7,8)/t19-,32-;/m0./s1. The highest BCUT2D eigenvalue weighted by Crippen LogP contribution is 2.46. The molecule has 3 amide bonds. The molecule has 0 aliphatic carbocycles. The van der Waals surface area contributed by atoms with Crippen LogP contribution in [0.1, 0.15) is 99.6 Å². The van der Waals surface area contributed by atoms with Crippen molar-refractivity contribution in [2.24, 2.45) is 0 Å². The lowest BCUT2D eigenvalue weighted by molar-refractivity contribution is -0.148. The molecule has 0 saturated heterocycles. The molecule has 16 heteroatoms. The molecule has 0 bridgehead atoms. The van der Waals surface area contributed by atoms with Crippen molar-refractivity contribution in [3.63, 3.8) is 0 Å². The molecule has 0 fully saturated rings. The molecule has 3 aliphatic rings. The van der Waals surface area contributed by atoms with Crippen LogP contribution in [0.25, 0.3) is 0 Å². The van der Waals surface area contributed by atoms with Crippen molar-refractivity contribution < 1.29 is 33.7 Å². The molecule has 288 valence electrons. The number of fused-ring (bicyclic) bond motifs is 4. The van der Waals surface area contributed by atoms with Crippen molar-refractivity contribution in [3.8, 4) is 0 Å². The number of thioether (sulfide) groups is 1. The summed E-state index contributed by atoms with van der Waals surface area (Å²) in [5, 5.41) is 18.6. The number of amides is 3. The van der Waals surface area contributed by atoms with E-state index < -0.39 is 23.4 Å². The molecule has 2 aromatic heterocycles. The minimum absolute atomic E-state index is 0.112. The van der Waals surface area contributed by atoms with E-state index in [9.17, 15) is 14.4 Å². The fraction of sp³-hybridized carbons (Fsp3) is 0.568. The van der Waals surface area contributed by atoms with Gasteiger partial charge < -0.3 is 34.4 Å². The number of aryl methyl sites for hydroxylation is 1. The van der Waals surface area contributed by atoms with Crippen LogP contribution in [0.15, 0.2) is 29.4 Å². The zero-order valence-electron chi connectivity index (χ0n) is 32.3. The Bertz CT molecular complexity index is 1850. The fourth-order valence-electron chi connectivity index (χ4n) is 6.47. The third-order valence-electron chi connectivity index (χ3n) is 8.79. The third kappa shape index (κ3) is 9.58. The van der Waals surface area contributed by atoms with Crippen LogP contribution in [0.3, 0.4) is 0 Å². The number of benzene rings is 1. The molecule has 3 aromatic rings. The van der Waals surface area contributed by atoms with Crippen LogP contribution in [0.5, 0.6) is 0 Å². The van der Waals surface area contributed by atoms with Crippen LogP contribution in [0.4, 0.5) is 21.1 Å². The first-order chi connectivity index (χ1) is 24.8. The number of hydrogen-bond acceptors (Lipinski definition) is 11. The summed E-state index contributed by atoms with van der Waals surface area (Å²) in [5.74, 6) is 0.735. The predicted octanol–water partition coefficient (Wildman–Crippen LogP) is 5.97. The number of ether oxygens (including phenoxy) is 3. The average molecular weight is 753 g/mol. The number of nitrogens with one attached hydrogen (secondary N) is 2. The zero-order chi connectivity index (χ0) is 38.9. The van der Waals surface area contributed by atoms with Gasteiger partial charge >= 0.3 is 12.2 Å². The quantitative estimate of drug-likeness (QED) is 0.211. The van der Waals surface area contributed by atoms with Crippen molar-refractivity contribution in [3.05, 3.63) is 58.0 Å². The van der Waals surface area contributed by atoms with Crippen molar-refractivity contribution in [2.75, 3.05) is 43.7 Å². The first-order valence-corrected chi connectivity index (χ1v) is 18.9. The molecule has 53 heavy (non-hydrogen) atoms. The summed E-state index contributed by atoms with van der Waals surface area (Å²) in [4.78, 5) is 48.9. The third-order valence-corrected chi connectivity index (χ3v) is 9.34. The normalized spacial score (nSPS) is 19.4. The molecule has 2 atom stereocenters. The SMILES string of the molecule is CC(C)(C)NC(=O)O.CSc1nc2c(c(N3CCCn4nc(C(=O)N(C)C)cc4C3)n1)CO[C@]1(CO[C@@H](C)c3ccc(NC(=O)OC(C)(C)C)cc31)C2. The highest BCUT2D eigenvalue weighted by Gasteiger charge is 2.45. The van der Waals surface area contributed by atoms with E-state index >= 15 is 0 Å². The Morgan fingerprint density at radius 2 is 1.83 bits per heavy atom. The largest absolute Gasteiger partial charge is 0.465 e. The van der Waals surface area contributed by atoms with Gasteiger partial charge in [-0.25, -0.2) is 19.6 Å². The highest BCUT2D eigenvalue weighted by molar-refractivity contribution is 7.98. The second-order valence-electron chi connectivity index (χ2n) is 15.7. The lowest BCUT2D eigenvalue weighted by Gasteiger charge is -2.44. The van der Waals surface area contributed by atoms with E-state index in [1.165, 1.54) is 11.8 Å². The molecular formula is C37H52N8O7S. The maximum absolute atomic E-state index is 12.6. The van der Waals surface area contributed by atoms with Gasteiger partial charge in [0.15, 0.2) is 10.9 Å². The van der Waals surface area contributed by atoms with Gasteiger partial charge in [-0.05, 0) is 90.5 Å². The number of rotatable bonds is 4. The Hall–Kier alpha value is -4.41. The van der Waals surface area contributed by atoms with Gasteiger partial charge in [0, 0.05) is 50.4 Å². The molecular weight excluding hydrogens is 701 g/mol. The number of carboxylic acid groups (broad SMARTS) is 1. The average Bonchev–Trinajstić information content (AvgIpc) is 3.34. The monoisotopic (exact) mass is 752 g/mol. The topological polar surface area (TPSA) is 173 Å². The first kappa shape index (κ1) is 39.8. The van der Waals surface area contributed by atoms with Gasteiger partial charge in [0.2, 0.25) is 0 Å². The van der Waals surface area contributed by atoms with E-state index in [4.69, 9.17) is 29.3 Å². The minimum Gasteiger partial charge on any atom is -0.465 e. The number of anilines is 2. The Labute approximate surface area is 315 Å². The van der Waals surface area contributed by atoms with Gasteiger partial charge in [-0.3, -0.25) is 14.8 Å². The summed E-state index contributed by atoms with van der Waals surface area (Å²) < 4.78 is 20.4. The Kier molecular flexibility index (Phi) is 11.6. The van der Waals surface area contributed by atoms with Gasteiger partial charge in [-0.15, -0.1) is 0 Å². The van der Waals surface area contributed by atoms with Gasteiger partial charge in [0.1, 0.15) is 17.0 Å². The molecule has 6 rings (SSSR count). The number of hydrogen-bond donors (Lipinski definition) is 3. The lowest BCUT2D eigenvalue weighted by Crippen LogP contribution is -2.45. The molecule has 0 saturated carbocycles. The summed E-state index contributed by atoms with van der Waals surface area (Å²) in [6.07, 6.45) is 1.72. The number of aromatic nitrogens is 4. The molecule has 0 radical (unpaired) electrons. The van der Waals surface area contributed by atoms with Crippen LogP contribution in [-0.2, 0) is 45.9 Å². The van der Waals surface area contributed by atoms with Crippen molar-refractivity contribution in [2.45, 2.75) is 109 Å². The van der Waals surface area contributed by atoms with E-state index in [0.717, 1.165) is 53.4 Å². The summed E-state index contributed by atoms with van der Waals surface area (Å²) >= 11 is 1.51. The van der Waals surface area contributed by atoms with Crippen LogP contribution in [0, 0.1) is 0 Å². The first-order valence-electron chi connectivity index (χ1n) is 17.7. The summed E-state index contributed by atoms with van der Waals surface area (Å²) in [5.41, 5.74) is 4.21. The molecule has 5 heterocycles. The van der Waals surface area contributed by atoms with Crippen molar-refractivity contribution in [1.29, 1.82) is 0 Å². The van der Waals surface area contributed by atoms with E-state index in [-0.39, 0.29) is 17.6 Å². The van der Waals surface area contributed by atoms with Gasteiger partial charge in [-0.2, -0.15) is 5.10 Å². The van der Waals surface area contributed by atoms with Crippen molar-refractivity contribution in [1.82, 2.24) is 30.0 Å². The van der Waals surface area contributed by atoms with Gasteiger partial charge in [-0.1, -0.05) is 17.8 Å². The van der Waals surface area contributed by atoms with Crippen LogP contribution in [-0.4, -0.2) is 92.5 Å². The second-order valence-corrected chi connectivity index (χ2v) is 16.5.